The fraction of sp³-hybridized carbons (Fsp3) is 0.0800. The normalized spacial score (nSPS) is 13.9. The number of anilines is 2. The Morgan fingerprint density at radius 3 is 2.53 bits per heavy atom. The van der Waals surface area contributed by atoms with E-state index in [1.165, 1.54) is 7.11 Å². The van der Waals surface area contributed by atoms with Gasteiger partial charge in [0.2, 0.25) is 0 Å². The molecule has 0 spiro atoms. The highest BCUT2D eigenvalue weighted by Crippen LogP contribution is 2.41. The van der Waals surface area contributed by atoms with E-state index in [4.69, 9.17) is 4.74 Å². The Hall–Kier alpha value is -3.89. The van der Waals surface area contributed by atoms with Crippen LogP contribution in [-0.4, -0.2) is 18.9 Å². The van der Waals surface area contributed by atoms with Gasteiger partial charge < -0.3 is 15.0 Å². The molecule has 0 unspecified atom stereocenters. The maximum atomic E-state index is 13.5. The van der Waals surface area contributed by atoms with Crippen LogP contribution in [0.25, 0.3) is 5.57 Å². The number of hydrogen-bond acceptors (Lipinski definition) is 4. The quantitative estimate of drug-likeness (QED) is 0.408. The zero-order valence-electron chi connectivity index (χ0n) is 17.1. The molecule has 2 amide bonds. The van der Waals surface area contributed by atoms with Crippen molar-refractivity contribution in [1.82, 2.24) is 0 Å². The zero-order chi connectivity index (χ0) is 22.7. The number of benzene rings is 3. The van der Waals surface area contributed by atoms with Gasteiger partial charge in [0.1, 0.15) is 17.4 Å². The number of rotatable bonds is 5. The Bertz CT molecular complexity index is 1280. The van der Waals surface area contributed by atoms with Gasteiger partial charge in [-0.1, -0.05) is 58.4 Å². The van der Waals surface area contributed by atoms with E-state index in [-0.39, 0.29) is 11.1 Å². The predicted octanol–water partition coefficient (Wildman–Crippen LogP) is 4.92. The maximum absolute atomic E-state index is 13.5. The van der Waals surface area contributed by atoms with Crippen molar-refractivity contribution in [2.45, 2.75) is 6.54 Å². The Kier molecular flexibility index (Phi) is 6.06. The highest BCUT2D eigenvalue weighted by atomic mass is 79.9. The molecule has 0 saturated carbocycles. The van der Waals surface area contributed by atoms with E-state index in [2.05, 4.69) is 21.2 Å². The van der Waals surface area contributed by atoms with Gasteiger partial charge in [-0.2, -0.15) is 5.26 Å². The minimum absolute atomic E-state index is 0.0760. The number of fused-ring (bicyclic) bond motifs is 1. The lowest BCUT2D eigenvalue weighted by molar-refractivity contribution is -0.114. The van der Waals surface area contributed by atoms with E-state index in [0.717, 1.165) is 10.0 Å². The first-order valence-corrected chi connectivity index (χ1v) is 10.6. The molecule has 3 aromatic carbocycles. The van der Waals surface area contributed by atoms with Crippen molar-refractivity contribution in [3.8, 4) is 11.8 Å². The summed E-state index contributed by atoms with van der Waals surface area (Å²) in [6.45, 7) is 0.324. The third kappa shape index (κ3) is 4.01. The second kappa shape index (κ2) is 9.08. The molecule has 158 valence electrons. The number of halogens is 1. The van der Waals surface area contributed by atoms with Crippen molar-refractivity contribution in [1.29, 1.82) is 5.26 Å². The molecular weight excluding hydrogens is 470 g/mol. The summed E-state index contributed by atoms with van der Waals surface area (Å²) in [5.74, 6) is -0.615. The van der Waals surface area contributed by atoms with E-state index >= 15 is 0 Å². The SMILES string of the molecule is COc1ccccc1NC(=O)/C(C#N)=C1\C(=O)N(Cc2ccccc2)c2ccc(Br)cc21. The van der Waals surface area contributed by atoms with Crippen molar-refractivity contribution in [3.05, 3.63) is 94.0 Å². The summed E-state index contributed by atoms with van der Waals surface area (Å²) >= 11 is 3.43. The highest BCUT2D eigenvalue weighted by molar-refractivity contribution is 9.10. The molecule has 1 aliphatic heterocycles. The Balaban J connectivity index is 1.78. The number of amides is 2. The fourth-order valence-electron chi connectivity index (χ4n) is 3.62. The number of carbonyl (C=O) groups excluding carboxylic acids is 2. The molecule has 3 aromatic rings. The second-order valence-electron chi connectivity index (χ2n) is 7.05. The molecule has 0 bridgehead atoms. The second-order valence-corrected chi connectivity index (χ2v) is 7.97. The number of nitrogens with zero attached hydrogens (tertiary/aromatic N) is 2. The van der Waals surface area contributed by atoms with Crippen LogP contribution in [0.2, 0.25) is 0 Å². The van der Waals surface area contributed by atoms with Crippen LogP contribution in [0, 0.1) is 11.3 Å². The molecule has 0 radical (unpaired) electrons. The third-order valence-electron chi connectivity index (χ3n) is 5.11. The number of methoxy groups -OCH3 is 1. The number of carbonyl (C=O) groups is 2. The summed E-state index contributed by atoms with van der Waals surface area (Å²) in [7, 11) is 1.49. The minimum atomic E-state index is -0.673. The van der Waals surface area contributed by atoms with Crippen LogP contribution in [0.1, 0.15) is 11.1 Å². The van der Waals surface area contributed by atoms with Gasteiger partial charge >= 0.3 is 0 Å². The summed E-state index contributed by atoms with van der Waals surface area (Å²) in [5, 5.41) is 12.6. The molecular formula is C25H18BrN3O3. The molecule has 6 nitrogen and oxygen atoms in total. The molecule has 32 heavy (non-hydrogen) atoms. The first-order chi connectivity index (χ1) is 15.5. The number of ether oxygens (including phenoxy) is 1. The van der Waals surface area contributed by atoms with Gasteiger partial charge in [0.25, 0.3) is 11.8 Å². The monoisotopic (exact) mass is 487 g/mol. The Morgan fingerprint density at radius 2 is 1.81 bits per heavy atom. The number of nitrogens with one attached hydrogen (secondary N) is 1. The molecule has 0 saturated heterocycles. The number of nitriles is 1. The van der Waals surface area contributed by atoms with E-state index in [0.29, 0.717) is 29.2 Å². The zero-order valence-corrected chi connectivity index (χ0v) is 18.7. The van der Waals surface area contributed by atoms with Gasteiger partial charge in [0.05, 0.1) is 30.6 Å². The van der Waals surface area contributed by atoms with Crippen LogP contribution >= 0.6 is 15.9 Å². The molecule has 4 rings (SSSR count). The van der Waals surface area contributed by atoms with Gasteiger partial charge in [-0.05, 0) is 35.9 Å². The van der Waals surface area contributed by atoms with Crippen molar-refractivity contribution >= 4 is 44.7 Å². The molecule has 0 aromatic heterocycles. The van der Waals surface area contributed by atoms with E-state index in [9.17, 15) is 14.9 Å². The highest BCUT2D eigenvalue weighted by Gasteiger charge is 2.36. The third-order valence-corrected chi connectivity index (χ3v) is 5.60. The molecule has 0 fully saturated rings. The summed E-state index contributed by atoms with van der Waals surface area (Å²) in [5.41, 5.74) is 2.35. The summed E-state index contributed by atoms with van der Waals surface area (Å²) in [6.07, 6.45) is 0. The average molecular weight is 488 g/mol. The largest absolute Gasteiger partial charge is 0.495 e. The van der Waals surface area contributed by atoms with E-state index in [1.807, 2.05) is 42.5 Å². The Morgan fingerprint density at radius 1 is 1.09 bits per heavy atom. The lowest BCUT2D eigenvalue weighted by atomic mass is 10.0. The van der Waals surface area contributed by atoms with Crippen LogP contribution in [-0.2, 0) is 16.1 Å². The van der Waals surface area contributed by atoms with Crippen molar-refractivity contribution in [2.24, 2.45) is 0 Å². The van der Waals surface area contributed by atoms with Crippen molar-refractivity contribution in [2.75, 3.05) is 17.3 Å². The van der Waals surface area contributed by atoms with E-state index < -0.39 is 11.8 Å². The summed E-state index contributed by atoms with van der Waals surface area (Å²) in [6, 6.07) is 23.8. The smallest absolute Gasteiger partial charge is 0.267 e. The Labute approximate surface area is 193 Å². The first kappa shape index (κ1) is 21.3. The lowest BCUT2D eigenvalue weighted by Crippen LogP contribution is -2.27. The van der Waals surface area contributed by atoms with Gasteiger partial charge in [0.15, 0.2) is 0 Å². The topological polar surface area (TPSA) is 82.4 Å². The first-order valence-electron chi connectivity index (χ1n) is 9.78. The predicted molar refractivity (Wildman–Crippen MR) is 126 cm³/mol. The van der Waals surface area contributed by atoms with Crippen LogP contribution in [0.15, 0.2) is 82.8 Å². The van der Waals surface area contributed by atoms with Crippen molar-refractivity contribution in [3.63, 3.8) is 0 Å². The van der Waals surface area contributed by atoms with Crippen molar-refractivity contribution < 1.29 is 14.3 Å². The summed E-state index contributed by atoms with van der Waals surface area (Å²) < 4.78 is 6.01. The van der Waals surface area contributed by atoms with Crippen LogP contribution in [0.4, 0.5) is 11.4 Å². The summed E-state index contributed by atoms with van der Waals surface area (Å²) in [4.78, 5) is 28.1. The molecule has 1 N–H and O–H groups in total. The van der Waals surface area contributed by atoms with E-state index in [1.54, 1.807) is 41.3 Å². The molecule has 7 heteroatoms. The van der Waals surface area contributed by atoms with Gasteiger partial charge in [-0.15, -0.1) is 0 Å². The van der Waals surface area contributed by atoms with Crippen LogP contribution in [0.5, 0.6) is 5.75 Å². The molecule has 0 atom stereocenters. The molecule has 1 heterocycles. The molecule has 1 aliphatic rings. The maximum Gasteiger partial charge on any atom is 0.267 e. The van der Waals surface area contributed by atoms with Gasteiger partial charge in [-0.3, -0.25) is 9.59 Å². The van der Waals surface area contributed by atoms with Gasteiger partial charge in [0, 0.05) is 10.0 Å². The fourth-order valence-corrected chi connectivity index (χ4v) is 3.98. The standard InChI is InChI=1S/C25H18BrN3O3/c1-32-22-10-6-5-9-20(22)28-24(30)19(14-27)23-18-13-17(26)11-12-21(18)29(25(23)31)15-16-7-3-2-4-8-16/h2-13H,15H2,1H3,(H,28,30)/b23-19-. The molecule has 0 aliphatic carbocycles. The van der Waals surface area contributed by atoms with Gasteiger partial charge in [-0.25, -0.2) is 0 Å². The van der Waals surface area contributed by atoms with Crippen LogP contribution in [0.3, 0.4) is 0 Å². The number of para-hydroxylation sites is 2. The number of hydrogen-bond donors (Lipinski definition) is 1. The minimum Gasteiger partial charge on any atom is -0.495 e. The van der Waals surface area contributed by atoms with Crippen LogP contribution < -0.4 is 15.0 Å². The lowest BCUT2D eigenvalue weighted by Gasteiger charge is -2.17. The average Bonchev–Trinajstić information content (AvgIpc) is 3.06.